The van der Waals surface area contributed by atoms with Crippen LogP contribution in [0.4, 0.5) is 8.78 Å². The maximum atomic E-state index is 14.4. The minimum Gasteiger partial charge on any atom is -0.493 e. The summed E-state index contributed by atoms with van der Waals surface area (Å²) in [5, 5.41) is 32.6. The highest BCUT2D eigenvalue weighted by Gasteiger charge is 2.36. The van der Waals surface area contributed by atoms with Crippen LogP contribution in [0.1, 0.15) is 73.5 Å². The van der Waals surface area contributed by atoms with Crippen molar-refractivity contribution in [1.82, 2.24) is 15.2 Å². The first kappa shape index (κ1) is 39.3. The third-order valence-corrected chi connectivity index (χ3v) is 10.5. The van der Waals surface area contributed by atoms with E-state index in [9.17, 15) is 42.1 Å². The molecular formula is C35H46F2N4O7S. The lowest BCUT2D eigenvalue weighted by Crippen LogP contribution is -2.55. The summed E-state index contributed by atoms with van der Waals surface area (Å²) in [6.45, 7) is 5.14. The van der Waals surface area contributed by atoms with Crippen molar-refractivity contribution in [3.8, 4) is 11.8 Å². The van der Waals surface area contributed by atoms with Crippen LogP contribution in [0.2, 0.25) is 0 Å². The number of carbonyl (C=O) groups is 2. The first-order chi connectivity index (χ1) is 23.1. The number of pyridine rings is 1. The van der Waals surface area contributed by atoms with Crippen LogP contribution in [0.25, 0.3) is 0 Å². The Morgan fingerprint density at radius 2 is 1.51 bits per heavy atom. The van der Waals surface area contributed by atoms with Crippen molar-refractivity contribution < 1.29 is 42.1 Å². The van der Waals surface area contributed by atoms with Gasteiger partial charge in [0.05, 0.1) is 22.7 Å². The zero-order valence-electron chi connectivity index (χ0n) is 28.0. The van der Waals surface area contributed by atoms with E-state index in [1.54, 1.807) is 12.1 Å². The zero-order chi connectivity index (χ0) is 36.3. The van der Waals surface area contributed by atoms with E-state index >= 15 is 0 Å². The number of rotatable bonds is 18. The fourth-order valence-electron chi connectivity index (χ4n) is 5.68. The molecule has 1 aromatic heterocycles. The lowest BCUT2D eigenvalue weighted by atomic mass is 10.0. The molecule has 14 heteroatoms. The normalized spacial score (nSPS) is 13.6. The molecule has 2 amide bonds. The number of aromatic hydroxyl groups is 2. The van der Waals surface area contributed by atoms with Gasteiger partial charge in [0.25, 0.3) is 5.91 Å². The van der Waals surface area contributed by atoms with Crippen LogP contribution in [-0.4, -0.2) is 81.2 Å². The first-order valence-corrected chi connectivity index (χ1v) is 18.0. The van der Waals surface area contributed by atoms with Gasteiger partial charge in [0.1, 0.15) is 17.7 Å². The molecular weight excluding hydrogens is 658 g/mol. The average Bonchev–Trinajstić information content (AvgIpc) is 3.02. The van der Waals surface area contributed by atoms with Crippen LogP contribution < -0.4 is 11.1 Å². The molecule has 3 rings (SSSR count). The molecule has 3 aromatic rings. The number of aromatic nitrogens is 1. The minimum absolute atomic E-state index is 0.0956. The number of nitrogens with zero attached hydrogens (tertiary/aromatic N) is 2. The Morgan fingerprint density at radius 3 is 2.08 bits per heavy atom. The number of aryl methyl sites for hydroxylation is 1. The van der Waals surface area contributed by atoms with Gasteiger partial charge < -0.3 is 31.3 Å². The van der Waals surface area contributed by atoms with Gasteiger partial charge in [-0.2, -0.15) is 4.98 Å². The van der Waals surface area contributed by atoms with Crippen molar-refractivity contribution in [3.63, 3.8) is 0 Å². The largest absolute Gasteiger partial charge is 0.493 e. The molecule has 268 valence electrons. The molecule has 0 aliphatic carbocycles. The first-order valence-electron chi connectivity index (χ1n) is 16.3. The molecule has 0 radical (unpaired) electrons. The molecule has 0 aliphatic rings. The van der Waals surface area contributed by atoms with E-state index in [0.29, 0.717) is 43.7 Å². The third kappa shape index (κ3) is 11.8. The number of hydrogen-bond acceptors (Lipinski definition) is 9. The highest BCUT2D eigenvalue weighted by Crippen LogP contribution is 2.21. The van der Waals surface area contributed by atoms with Gasteiger partial charge in [0.15, 0.2) is 9.84 Å². The van der Waals surface area contributed by atoms with Crippen molar-refractivity contribution in [1.29, 1.82) is 0 Å². The van der Waals surface area contributed by atoms with E-state index in [-0.39, 0.29) is 24.1 Å². The molecule has 0 aliphatic heterocycles. The Hall–Kier alpha value is -4.14. The van der Waals surface area contributed by atoms with Crippen LogP contribution in [-0.2, 0) is 34.0 Å². The number of amides is 2. The van der Waals surface area contributed by atoms with Gasteiger partial charge in [-0.1, -0.05) is 57.9 Å². The van der Waals surface area contributed by atoms with Gasteiger partial charge in [0, 0.05) is 37.3 Å². The summed E-state index contributed by atoms with van der Waals surface area (Å²) in [5.41, 5.74) is 7.79. The maximum absolute atomic E-state index is 14.4. The van der Waals surface area contributed by atoms with Gasteiger partial charge in [-0.15, -0.1) is 0 Å². The monoisotopic (exact) mass is 704 g/mol. The van der Waals surface area contributed by atoms with Crippen molar-refractivity contribution in [2.45, 2.75) is 89.3 Å². The summed E-state index contributed by atoms with van der Waals surface area (Å²) < 4.78 is 55.2. The number of aliphatic hydroxyl groups is 1. The SMILES string of the molecule is CCCC(CCC)S(=O)(=O)CC(NC(=O)c1cc(O)nc(O)c1)C(=O)N(Cc1cccc(CC)c1)C[C@@H](O)[C@@H](N)Cc1cc(F)cc(F)c1. The van der Waals surface area contributed by atoms with Crippen LogP contribution in [0.15, 0.2) is 54.6 Å². The Kier molecular flexibility index (Phi) is 14.5. The molecule has 2 aromatic carbocycles. The van der Waals surface area contributed by atoms with Gasteiger partial charge in [-0.3, -0.25) is 9.59 Å². The molecule has 0 saturated heterocycles. The third-order valence-electron chi connectivity index (χ3n) is 8.17. The second-order valence-electron chi connectivity index (χ2n) is 12.2. The van der Waals surface area contributed by atoms with Crippen LogP contribution in [0.3, 0.4) is 0 Å². The smallest absolute Gasteiger partial charge is 0.252 e. The van der Waals surface area contributed by atoms with E-state index < -0.39 is 80.8 Å². The predicted molar refractivity (Wildman–Crippen MR) is 181 cm³/mol. The summed E-state index contributed by atoms with van der Waals surface area (Å²) in [5.74, 6) is -5.52. The molecule has 0 saturated carbocycles. The number of nitrogens with two attached hydrogens (primary N) is 1. The highest BCUT2D eigenvalue weighted by atomic mass is 32.2. The minimum atomic E-state index is -3.98. The number of hydrogen-bond donors (Lipinski definition) is 5. The van der Waals surface area contributed by atoms with Crippen LogP contribution >= 0.6 is 0 Å². The maximum Gasteiger partial charge on any atom is 0.252 e. The molecule has 1 unspecified atom stereocenters. The molecule has 3 atom stereocenters. The molecule has 49 heavy (non-hydrogen) atoms. The second kappa shape index (κ2) is 18.0. The van der Waals surface area contributed by atoms with Gasteiger partial charge >= 0.3 is 0 Å². The van der Waals surface area contributed by atoms with E-state index in [1.807, 2.05) is 32.9 Å². The number of halogens is 2. The Balaban J connectivity index is 2.02. The summed E-state index contributed by atoms with van der Waals surface area (Å²) >= 11 is 0. The molecule has 0 fully saturated rings. The number of aliphatic hydroxyl groups excluding tert-OH is 1. The lowest BCUT2D eigenvalue weighted by Gasteiger charge is -2.32. The van der Waals surface area contributed by atoms with E-state index in [4.69, 9.17) is 5.73 Å². The molecule has 0 spiro atoms. The van der Waals surface area contributed by atoms with Crippen molar-refractivity contribution in [3.05, 3.63) is 88.5 Å². The fourth-order valence-corrected chi connectivity index (χ4v) is 7.84. The number of nitrogens with one attached hydrogen (secondary N) is 1. The van der Waals surface area contributed by atoms with Gasteiger partial charge in [0.2, 0.25) is 17.7 Å². The second-order valence-corrected chi connectivity index (χ2v) is 14.6. The standard InChI is InChI=1S/C35H46F2N4O7S/c1-4-8-28(9-5-2)49(47,48)21-30(39-34(45)25-16-32(43)40-33(44)17-25)35(46)41(19-23-11-7-10-22(6-3)12-23)20-31(42)29(38)15-24-13-26(36)18-27(37)14-24/h7,10-14,16-18,28-31,42H,4-6,8-9,15,19-21,38H2,1-3H3,(H,39,45)(H2,40,43,44)/t29-,30?,31+/m0/s1. The van der Waals surface area contributed by atoms with E-state index in [0.717, 1.165) is 29.8 Å². The summed E-state index contributed by atoms with van der Waals surface area (Å²) in [6, 6.07) is 9.35. The summed E-state index contributed by atoms with van der Waals surface area (Å²) in [6.07, 6.45) is 0.964. The topological polar surface area (TPSA) is 183 Å². The number of carbonyl (C=O) groups excluding carboxylic acids is 2. The molecule has 11 nitrogen and oxygen atoms in total. The fraction of sp³-hybridized carbons (Fsp3) is 0.457. The Labute approximate surface area is 286 Å². The Bertz CT molecular complexity index is 1650. The molecule has 0 bridgehead atoms. The van der Waals surface area contributed by atoms with E-state index in [1.165, 1.54) is 4.90 Å². The van der Waals surface area contributed by atoms with Crippen LogP contribution in [0, 0.1) is 11.6 Å². The highest BCUT2D eigenvalue weighted by molar-refractivity contribution is 7.92. The average molecular weight is 705 g/mol. The van der Waals surface area contributed by atoms with Gasteiger partial charge in [-0.05, 0) is 54.5 Å². The van der Waals surface area contributed by atoms with Crippen molar-refractivity contribution >= 4 is 21.7 Å². The molecule has 1 heterocycles. The van der Waals surface area contributed by atoms with Crippen LogP contribution in [0.5, 0.6) is 11.8 Å². The van der Waals surface area contributed by atoms with E-state index in [2.05, 4.69) is 10.3 Å². The molecule has 6 N–H and O–H groups in total. The van der Waals surface area contributed by atoms with Gasteiger partial charge in [-0.25, -0.2) is 17.2 Å². The summed E-state index contributed by atoms with van der Waals surface area (Å²) in [4.78, 5) is 32.4. The predicted octanol–water partition coefficient (Wildman–Crippen LogP) is 3.78. The summed E-state index contributed by atoms with van der Waals surface area (Å²) in [7, 11) is -3.98. The Morgan fingerprint density at radius 1 is 0.918 bits per heavy atom. The number of sulfone groups is 1. The quantitative estimate of drug-likeness (QED) is 0.132. The lowest BCUT2D eigenvalue weighted by molar-refractivity contribution is -0.135. The van der Waals surface area contributed by atoms with Crippen molar-refractivity contribution in [2.24, 2.45) is 5.73 Å². The van der Waals surface area contributed by atoms with Crippen molar-refractivity contribution in [2.75, 3.05) is 12.3 Å². The number of benzene rings is 2. The zero-order valence-corrected chi connectivity index (χ0v) is 28.8.